The highest BCUT2D eigenvalue weighted by Gasteiger charge is 2.11. The summed E-state index contributed by atoms with van der Waals surface area (Å²) in [5, 5.41) is 2.81. The van der Waals surface area contributed by atoms with Gasteiger partial charge in [0, 0.05) is 17.0 Å². The number of hydrogen-bond acceptors (Lipinski definition) is 1. The first-order chi connectivity index (χ1) is 9.65. The second-order valence-corrected chi connectivity index (χ2v) is 5.49. The van der Waals surface area contributed by atoms with Crippen LogP contribution in [0.25, 0.3) is 27.3 Å². The summed E-state index contributed by atoms with van der Waals surface area (Å²) in [5.74, 6) is 0. The summed E-state index contributed by atoms with van der Waals surface area (Å²) in [7, 11) is 0. The van der Waals surface area contributed by atoms with Gasteiger partial charge in [-0.05, 0) is 12.1 Å². The van der Waals surface area contributed by atoms with Crippen molar-refractivity contribution in [1.82, 2.24) is 9.38 Å². The molecule has 3 nitrogen and oxygen atoms in total. The lowest BCUT2D eigenvalue weighted by atomic mass is 10.2. The minimum absolute atomic E-state index is 0.142. The van der Waals surface area contributed by atoms with Crippen molar-refractivity contribution in [3.05, 3.63) is 63.0 Å². The smallest absolute Gasteiger partial charge is 0.273 e. The maximum absolute atomic E-state index is 12.3. The molecule has 0 spiro atoms. The first-order valence-electron chi connectivity index (χ1n) is 6.06. The highest BCUT2D eigenvalue weighted by molar-refractivity contribution is 6.42. The van der Waals surface area contributed by atoms with Crippen molar-refractivity contribution in [1.29, 1.82) is 0 Å². The zero-order valence-electron chi connectivity index (χ0n) is 10.2. The van der Waals surface area contributed by atoms with Crippen LogP contribution < -0.4 is 5.56 Å². The van der Waals surface area contributed by atoms with Gasteiger partial charge in [0.1, 0.15) is 5.52 Å². The molecule has 2 aromatic carbocycles. The third-order valence-corrected chi connectivity index (χ3v) is 4.21. The Kier molecular flexibility index (Phi) is 2.37. The van der Waals surface area contributed by atoms with Gasteiger partial charge in [-0.2, -0.15) is 0 Å². The van der Waals surface area contributed by atoms with E-state index in [0.29, 0.717) is 21.1 Å². The van der Waals surface area contributed by atoms with E-state index in [0.717, 1.165) is 16.3 Å². The van der Waals surface area contributed by atoms with Gasteiger partial charge in [-0.25, -0.2) is 0 Å². The van der Waals surface area contributed by atoms with Crippen LogP contribution in [0.5, 0.6) is 0 Å². The van der Waals surface area contributed by atoms with Gasteiger partial charge >= 0.3 is 0 Å². The molecule has 0 radical (unpaired) electrons. The summed E-state index contributed by atoms with van der Waals surface area (Å²) in [6.07, 6.45) is 1.94. The van der Waals surface area contributed by atoms with Gasteiger partial charge < -0.3 is 9.38 Å². The number of aromatic amines is 1. The molecule has 0 fully saturated rings. The lowest BCUT2D eigenvalue weighted by Gasteiger charge is -2.04. The van der Waals surface area contributed by atoms with E-state index in [1.54, 1.807) is 12.1 Å². The van der Waals surface area contributed by atoms with Crippen LogP contribution >= 0.6 is 23.2 Å². The molecule has 0 unspecified atom stereocenters. The van der Waals surface area contributed by atoms with Crippen LogP contribution in [-0.2, 0) is 0 Å². The van der Waals surface area contributed by atoms with Crippen molar-refractivity contribution in [2.45, 2.75) is 0 Å². The van der Waals surface area contributed by atoms with Gasteiger partial charge in [0.25, 0.3) is 5.56 Å². The molecule has 1 N–H and O–H groups in total. The molecule has 5 heteroatoms. The molecule has 0 saturated carbocycles. The number of aromatic nitrogens is 2. The third-order valence-electron chi connectivity index (χ3n) is 3.49. The minimum Gasteiger partial charge on any atom is -0.319 e. The predicted molar refractivity (Wildman–Crippen MR) is 83.0 cm³/mol. The monoisotopic (exact) mass is 302 g/mol. The van der Waals surface area contributed by atoms with E-state index in [1.165, 1.54) is 0 Å². The molecule has 98 valence electrons. The zero-order chi connectivity index (χ0) is 13.9. The van der Waals surface area contributed by atoms with E-state index in [9.17, 15) is 4.79 Å². The number of benzene rings is 2. The van der Waals surface area contributed by atoms with E-state index in [1.807, 2.05) is 34.9 Å². The van der Waals surface area contributed by atoms with Crippen LogP contribution in [0, 0.1) is 0 Å². The van der Waals surface area contributed by atoms with E-state index in [-0.39, 0.29) is 5.56 Å². The van der Waals surface area contributed by atoms with Crippen molar-refractivity contribution in [2.75, 3.05) is 0 Å². The van der Waals surface area contributed by atoms with Gasteiger partial charge in [0.15, 0.2) is 0 Å². The summed E-state index contributed by atoms with van der Waals surface area (Å²) >= 11 is 12.1. The van der Waals surface area contributed by atoms with E-state index >= 15 is 0 Å². The van der Waals surface area contributed by atoms with Gasteiger partial charge in [-0.15, -0.1) is 0 Å². The summed E-state index contributed by atoms with van der Waals surface area (Å²) in [6, 6.07) is 11.2. The van der Waals surface area contributed by atoms with Gasteiger partial charge in [0.2, 0.25) is 0 Å². The first-order valence-corrected chi connectivity index (χ1v) is 6.81. The van der Waals surface area contributed by atoms with Crippen LogP contribution in [-0.4, -0.2) is 9.38 Å². The predicted octanol–water partition coefficient (Wildman–Crippen LogP) is 4.24. The lowest BCUT2D eigenvalue weighted by Crippen LogP contribution is -2.09. The van der Waals surface area contributed by atoms with Crippen LogP contribution in [0.15, 0.2) is 47.4 Å². The molecule has 0 aliphatic heterocycles. The van der Waals surface area contributed by atoms with E-state index in [2.05, 4.69) is 4.98 Å². The molecule has 0 bridgehead atoms. The van der Waals surface area contributed by atoms with Crippen LogP contribution in [0.4, 0.5) is 0 Å². The Morgan fingerprint density at radius 3 is 2.65 bits per heavy atom. The fourth-order valence-corrected chi connectivity index (χ4v) is 2.92. The van der Waals surface area contributed by atoms with Crippen LogP contribution in [0.1, 0.15) is 0 Å². The SMILES string of the molecule is O=c1[nH]c2cc(Cl)c(Cl)cc2n2cc3ccccc3c12. The number of nitrogens with one attached hydrogen (secondary N) is 1. The van der Waals surface area contributed by atoms with Crippen molar-refractivity contribution >= 4 is 50.5 Å². The summed E-state index contributed by atoms with van der Waals surface area (Å²) in [5.41, 5.74) is 1.96. The minimum atomic E-state index is -0.142. The highest BCUT2D eigenvalue weighted by Crippen LogP contribution is 2.28. The molecule has 0 saturated heterocycles. The van der Waals surface area contributed by atoms with E-state index < -0.39 is 0 Å². The zero-order valence-corrected chi connectivity index (χ0v) is 11.7. The molecule has 2 heterocycles. The van der Waals surface area contributed by atoms with Gasteiger partial charge in [-0.1, -0.05) is 47.5 Å². The highest BCUT2D eigenvalue weighted by atomic mass is 35.5. The number of H-pyrrole nitrogens is 1. The molecule has 0 amide bonds. The number of fused-ring (bicyclic) bond motifs is 5. The van der Waals surface area contributed by atoms with Gasteiger partial charge in [-0.3, -0.25) is 4.79 Å². The van der Waals surface area contributed by atoms with Crippen molar-refractivity contribution in [2.24, 2.45) is 0 Å². The Bertz CT molecular complexity index is 1050. The average Bonchev–Trinajstić information content (AvgIpc) is 2.81. The fraction of sp³-hybridized carbons (Fsp3) is 0. The molecule has 2 aromatic heterocycles. The van der Waals surface area contributed by atoms with Crippen molar-refractivity contribution in [3.8, 4) is 0 Å². The fourth-order valence-electron chi connectivity index (χ4n) is 2.60. The number of halogens is 2. The van der Waals surface area contributed by atoms with Gasteiger partial charge in [0.05, 0.1) is 21.1 Å². The molecule has 20 heavy (non-hydrogen) atoms. The summed E-state index contributed by atoms with van der Waals surface area (Å²) in [6.45, 7) is 0. The topological polar surface area (TPSA) is 37.3 Å². The molecule has 0 aliphatic carbocycles. The Morgan fingerprint density at radius 2 is 1.80 bits per heavy atom. The first kappa shape index (κ1) is 11.8. The van der Waals surface area contributed by atoms with E-state index in [4.69, 9.17) is 23.2 Å². The Morgan fingerprint density at radius 1 is 1.05 bits per heavy atom. The molecule has 4 aromatic rings. The molecule has 0 aliphatic rings. The van der Waals surface area contributed by atoms with Crippen LogP contribution in [0.3, 0.4) is 0 Å². The third kappa shape index (κ3) is 1.51. The molecule has 4 rings (SSSR count). The Balaban J connectivity index is 2.35. The molecular formula is C15H8Cl2N2O. The Labute approximate surface area is 123 Å². The largest absolute Gasteiger partial charge is 0.319 e. The summed E-state index contributed by atoms with van der Waals surface area (Å²) in [4.78, 5) is 15.2. The van der Waals surface area contributed by atoms with Crippen LogP contribution in [0.2, 0.25) is 10.0 Å². The molecule has 0 atom stereocenters. The Hall–Kier alpha value is -1.97. The standard InChI is InChI=1S/C15H8Cl2N2O/c16-10-5-12-13(6-11(10)17)19-7-8-3-1-2-4-9(8)14(19)15(20)18-12/h1-7H,(H,18,20). The van der Waals surface area contributed by atoms with Crippen molar-refractivity contribution in [3.63, 3.8) is 0 Å². The maximum Gasteiger partial charge on any atom is 0.273 e. The lowest BCUT2D eigenvalue weighted by molar-refractivity contribution is 1.19. The average molecular weight is 303 g/mol. The number of nitrogens with zero attached hydrogens (tertiary/aromatic N) is 1. The molecular weight excluding hydrogens is 295 g/mol. The quantitative estimate of drug-likeness (QED) is 0.518. The second kappa shape index (κ2) is 4.01. The maximum atomic E-state index is 12.3. The summed E-state index contributed by atoms with van der Waals surface area (Å²) < 4.78 is 1.86. The van der Waals surface area contributed by atoms with Crippen molar-refractivity contribution < 1.29 is 0 Å². The second-order valence-electron chi connectivity index (χ2n) is 4.67. The number of hydrogen-bond donors (Lipinski definition) is 1. The number of rotatable bonds is 0. The normalized spacial score (nSPS) is 11.7.